The van der Waals surface area contributed by atoms with Gasteiger partial charge in [0, 0.05) is 11.4 Å². The molecule has 28 heavy (non-hydrogen) atoms. The van der Waals surface area contributed by atoms with Crippen LogP contribution in [0.2, 0.25) is 0 Å². The van der Waals surface area contributed by atoms with Crippen molar-refractivity contribution in [2.24, 2.45) is 0 Å². The summed E-state index contributed by atoms with van der Waals surface area (Å²) in [7, 11) is 1.64. The maximum Gasteiger partial charge on any atom is 0.233 e. The van der Waals surface area contributed by atoms with Gasteiger partial charge in [-0.1, -0.05) is 30.3 Å². The molecule has 2 aromatic carbocycles. The smallest absolute Gasteiger partial charge is 0.233 e. The summed E-state index contributed by atoms with van der Waals surface area (Å²) >= 11 is 1.60. The number of benzene rings is 2. The van der Waals surface area contributed by atoms with Gasteiger partial charge in [-0.05, 0) is 53.3 Å². The first-order valence-corrected chi connectivity index (χ1v) is 9.95. The number of nitrogens with one attached hydrogen (secondary N) is 2. The Hall–Kier alpha value is -2.70. The summed E-state index contributed by atoms with van der Waals surface area (Å²) in [5.41, 5.74) is 2.06. The van der Waals surface area contributed by atoms with Gasteiger partial charge in [0.15, 0.2) is 0 Å². The van der Waals surface area contributed by atoms with Gasteiger partial charge in [-0.2, -0.15) is 0 Å². The molecule has 0 saturated heterocycles. The highest BCUT2D eigenvalue weighted by molar-refractivity contribution is 7.10. The molecule has 0 bridgehead atoms. The first-order valence-electron chi connectivity index (χ1n) is 9.07. The molecule has 3 aromatic rings. The summed E-state index contributed by atoms with van der Waals surface area (Å²) in [6.45, 7) is 0.746. The highest BCUT2D eigenvalue weighted by Crippen LogP contribution is 2.26. The summed E-state index contributed by atoms with van der Waals surface area (Å²) in [6, 6.07) is 18.0. The number of methoxy groups -OCH3 is 1. The number of rotatable bonds is 9. The molecule has 1 aromatic heterocycles. The molecule has 1 heterocycles. The lowest BCUT2D eigenvalue weighted by Gasteiger charge is -2.18. The molecule has 3 rings (SSSR count). The Bertz CT molecular complexity index is 865. The standard InChI is InChI=1S/C22H23FN2O2S/c1-27-19-10-4-16(5-11-19)12-13-24-21(26)15-25-22(20-3-2-14-28-20)17-6-8-18(23)9-7-17/h2-11,14,22,25H,12-13,15H2,1H3,(H,24,26). The molecular formula is C22H23FN2O2S. The van der Waals surface area contributed by atoms with E-state index in [1.165, 1.54) is 12.1 Å². The monoisotopic (exact) mass is 398 g/mol. The van der Waals surface area contributed by atoms with Crippen LogP contribution in [0.1, 0.15) is 22.0 Å². The summed E-state index contributed by atoms with van der Waals surface area (Å²) in [6.07, 6.45) is 0.752. The SMILES string of the molecule is COc1ccc(CCNC(=O)CNC(c2ccc(F)cc2)c2cccs2)cc1. The fourth-order valence-corrected chi connectivity index (χ4v) is 3.72. The molecule has 0 aliphatic rings. The summed E-state index contributed by atoms with van der Waals surface area (Å²) < 4.78 is 18.4. The van der Waals surface area contributed by atoms with Crippen LogP contribution in [0, 0.1) is 5.82 Å². The van der Waals surface area contributed by atoms with Crippen LogP contribution in [0.5, 0.6) is 5.75 Å². The van der Waals surface area contributed by atoms with Crippen molar-refractivity contribution in [2.75, 3.05) is 20.2 Å². The highest BCUT2D eigenvalue weighted by Gasteiger charge is 2.16. The molecule has 0 saturated carbocycles. The zero-order chi connectivity index (χ0) is 19.8. The molecule has 1 unspecified atom stereocenters. The van der Waals surface area contributed by atoms with Crippen LogP contribution < -0.4 is 15.4 Å². The van der Waals surface area contributed by atoms with Crippen molar-refractivity contribution in [3.63, 3.8) is 0 Å². The Kier molecular flexibility index (Phi) is 7.17. The number of thiophene rings is 1. The van der Waals surface area contributed by atoms with Crippen molar-refractivity contribution in [3.8, 4) is 5.75 Å². The van der Waals surface area contributed by atoms with Gasteiger partial charge in [0.25, 0.3) is 0 Å². The van der Waals surface area contributed by atoms with Gasteiger partial charge in [-0.25, -0.2) is 4.39 Å². The van der Waals surface area contributed by atoms with E-state index in [1.807, 2.05) is 41.8 Å². The molecule has 0 radical (unpaired) electrons. The van der Waals surface area contributed by atoms with Crippen molar-refractivity contribution < 1.29 is 13.9 Å². The number of hydrogen-bond donors (Lipinski definition) is 2. The van der Waals surface area contributed by atoms with E-state index >= 15 is 0 Å². The second-order valence-corrected chi connectivity index (χ2v) is 7.31. The molecule has 1 atom stereocenters. The lowest BCUT2D eigenvalue weighted by molar-refractivity contribution is -0.120. The number of amides is 1. The van der Waals surface area contributed by atoms with Crippen LogP contribution in [0.15, 0.2) is 66.0 Å². The van der Waals surface area contributed by atoms with Gasteiger partial charge in [0.05, 0.1) is 19.7 Å². The van der Waals surface area contributed by atoms with Crippen LogP contribution >= 0.6 is 11.3 Å². The fraction of sp³-hybridized carbons (Fsp3) is 0.227. The van der Waals surface area contributed by atoms with E-state index in [4.69, 9.17) is 4.74 Å². The van der Waals surface area contributed by atoms with Crippen LogP contribution in [0.3, 0.4) is 0 Å². The first-order chi connectivity index (χ1) is 13.7. The van der Waals surface area contributed by atoms with Gasteiger partial charge in [-0.3, -0.25) is 10.1 Å². The van der Waals surface area contributed by atoms with E-state index in [2.05, 4.69) is 10.6 Å². The molecule has 6 heteroatoms. The second-order valence-electron chi connectivity index (χ2n) is 6.33. The highest BCUT2D eigenvalue weighted by atomic mass is 32.1. The number of hydrogen-bond acceptors (Lipinski definition) is 4. The van der Waals surface area contributed by atoms with Crippen LogP contribution in [-0.4, -0.2) is 26.1 Å². The Labute approximate surface area is 168 Å². The number of carbonyl (C=O) groups is 1. The minimum absolute atomic E-state index is 0.0721. The second kappa shape index (κ2) is 10.0. The molecule has 1 amide bonds. The van der Waals surface area contributed by atoms with E-state index in [0.717, 1.165) is 28.2 Å². The molecular weight excluding hydrogens is 375 g/mol. The number of halogens is 1. The molecule has 0 fully saturated rings. The van der Waals surface area contributed by atoms with E-state index in [9.17, 15) is 9.18 Å². The van der Waals surface area contributed by atoms with E-state index in [1.54, 1.807) is 30.6 Å². The normalized spacial score (nSPS) is 11.8. The Morgan fingerprint density at radius 2 is 1.86 bits per heavy atom. The van der Waals surface area contributed by atoms with Gasteiger partial charge in [0.2, 0.25) is 5.91 Å². The third-order valence-corrected chi connectivity index (χ3v) is 5.33. The van der Waals surface area contributed by atoms with Gasteiger partial charge >= 0.3 is 0 Å². The Morgan fingerprint density at radius 3 is 2.50 bits per heavy atom. The van der Waals surface area contributed by atoms with Crippen molar-refractivity contribution in [3.05, 3.63) is 87.9 Å². The van der Waals surface area contributed by atoms with Crippen LogP contribution in [0.25, 0.3) is 0 Å². The minimum Gasteiger partial charge on any atom is -0.497 e. The van der Waals surface area contributed by atoms with Crippen LogP contribution in [0.4, 0.5) is 4.39 Å². The zero-order valence-corrected chi connectivity index (χ0v) is 16.5. The van der Waals surface area contributed by atoms with Crippen molar-refractivity contribution in [1.29, 1.82) is 0 Å². The third kappa shape index (κ3) is 5.65. The minimum atomic E-state index is -0.273. The lowest BCUT2D eigenvalue weighted by atomic mass is 10.1. The fourth-order valence-electron chi connectivity index (χ4n) is 2.89. The van der Waals surface area contributed by atoms with Crippen molar-refractivity contribution >= 4 is 17.2 Å². The predicted octanol–water partition coefficient (Wildman–Crippen LogP) is 3.93. The summed E-state index contributed by atoms with van der Waals surface area (Å²) in [4.78, 5) is 13.3. The topological polar surface area (TPSA) is 50.4 Å². The van der Waals surface area contributed by atoms with Crippen molar-refractivity contribution in [1.82, 2.24) is 10.6 Å². The summed E-state index contributed by atoms with van der Waals surface area (Å²) in [5.74, 6) is 0.472. The molecule has 2 N–H and O–H groups in total. The maximum absolute atomic E-state index is 13.2. The van der Waals surface area contributed by atoms with E-state index in [-0.39, 0.29) is 24.3 Å². The number of carbonyl (C=O) groups excluding carboxylic acids is 1. The predicted molar refractivity (Wildman–Crippen MR) is 110 cm³/mol. The van der Waals surface area contributed by atoms with E-state index in [0.29, 0.717) is 6.54 Å². The molecule has 146 valence electrons. The zero-order valence-electron chi connectivity index (χ0n) is 15.7. The average Bonchev–Trinajstić information content (AvgIpc) is 3.24. The molecule has 0 aliphatic carbocycles. The molecule has 4 nitrogen and oxygen atoms in total. The van der Waals surface area contributed by atoms with Gasteiger partial charge < -0.3 is 10.1 Å². The Morgan fingerprint density at radius 1 is 1.11 bits per heavy atom. The Balaban J connectivity index is 1.51. The van der Waals surface area contributed by atoms with Gasteiger partial charge in [-0.15, -0.1) is 11.3 Å². The molecule has 0 spiro atoms. The molecule has 0 aliphatic heterocycles. The van der Waals surface area contributed by atoms with E-state index < -0.39 is 0 Å². The van der Waals surface area contributed by atoms with Crippen LogP contribution in [-0.2, 0) is 11.2 Å². The first kappa shape index (κ1) is 20.0. The summed E-state index contributed by atoms with van der Waals surface area (Å²) in [5, 5.41) is 8.20. The maximum atomic E-state index is 13.2. The average molecular weight is 399 g/mol. The van der Waals surface area contributed by atoms with Gasteiger partial charge in [0.1, 0.15) is 11.6 Å². The van der Waals surface area contributed by atoms with Crippen molar-refractivity contribution in [2.45, 2.75) is 12.5 Å². The lowest BCUT2D eigenvalue weighted by Crippen LogP contribution is -2.36. The largest absolute Gasteiger partial charge is 0.497 e. The quantitative estimate of drug-likeness (QED) is 0.574. The third-order valence-electron chi connectivity index (χ3n) is 4.39. The number of ether oxygens (including phenoxy) is 1.